The van der Waals surface area contributed by atoms with E-state index < -0.39 is 21.9 Å². The van der Waals surface area contributed by atoms with E-state index in [1.165, 1.54) is 35.7 Å². The molecule has 3 aromatic rings. The van der Waals surface area contributed by atoms with Crippen LogP contribution >= 0.6 is 0 Å². The fourth-order valence-corrected chi connectivity index (χ4v) is 5.47. The number of aromatic nitrogens is 1. The van der Waals surface area contributed by atoms with Gasteiger partial charge < -0.3 is 19.9 Å². The third kappa shape index (κ3) is 7.01. The smallest absolute Gasteiger partial charge is 0.325 e. The molecular formula is C28H29N3O7S. The highest BCUT2D eigenvalue weighted by Crippen LogP contribution is 2.30. The van der Waals surface area contributed by atoms with Gasteiger partial charge in [0.2, 0.25) is 10.0 Å². The average molecular weight is 552 g/mol. The molecule has 39 heavy (non-hydrogen) atoms. The number of ether oxygens (including phenoxy) is 2. The molecule has 1 aromatic heterocycles. The molecule has 0 fully saturated rings. The minimum absolute atomic E-state index is 0.00927. The van der Waals surface area contributed by atoms with Crippen molar-refractivity contribution >= 4 is 21.9 Å². The van der Waals surface area contributed by atoms with E-state index in [9.17, 15) is 23.1 Å². The summed E-state index contributed by atoms with van der Waals surface area (Å²) in [4.78, 5) is 28.7. The molecule has 10 nitrogen and oxygen atoms in total. The maximum Gasteiger partial charge on any atom is 0.325 e. The van der Waals surface area contributed by atoms with Gasteiger partial charge in [-0.05, 0) is 47.9 Å². The topological polar surface area (TPSA) is 135 Å². The fraction of sp³-hybridized carbons (Fsp3) is 0.250. The molecule has 0 spiro atoms. The minimum atomic E-state index is -3.75. The standard InChI is InChI=1S/C28H29N3O7S/c1-37-26(33)18-30-28(34)27-25(38-19-20-6-3-2-4-7-20)16-22(17-29-27)21-8-5-14-31(15-13-21)39(35,36)24-11-9-23(32)10-12-24/h2-12,16-17,21,32H,13-15,18-19H2,1H3,(H,30,34). The van der Waals surface area contributed by atoms with Gasteiger partial charge in [0.05, 0.1) is 12.0 Å². The largest absolute Gasteiger partial charge is 0.508 e. The number of carbonyl (C=O) groups excluding carboxylic acids is 2. The molecule has 1 unspecified atom stereocenters. The zero-order valence-corrected chi connectivity index (χ0v) is 22.1. The Labute approximate surface area is 226 Å². The summed E-state index contributed by atoms with van der Waals surface area (Å²) in [5.41, 5.74) is 1.67. The molecule has 2 N–H and O–H groups in total. The van der Waals surface area contributed by atoms with Gasteiger partial charge in [0.1, 0.15) is 18.9 Å². The molecule has 2 aromatic carbocycles. The Morgan fingerprint density at radius 2 is 1.87 bits per heavy atom. The fourth-order valence-electron chi connectivity index (χ4n) is 4.06. The highest BCUT2D eigenvalue weighted by molar-refractivity contribution is 7.89. The predicted molar refractivity (Wildman–Crippen MR) is 143 cm³/mol. The number of esters is 1. The van der Waals surface area contributed by atoms with Crippen LogP contribution in [0.3, 0.4) is 0 Å². The van der Waals surface area contributed by atoms with Crippen molar-refractivity contribution in [2.24, 2.45) is 0 Å². The van der Waals surface area contributed by atoms with E-state index in [4.69, 9.17) is 4.74 Å². The van der Waals surface area contributed by atoms with Crippen LogP contribution in [0.5, 0.6) is 11.5 Å². The first-order valence-corrected chi connectivity index (χ1v) is 13.7. The molecule has 1 atom stereocenters. The van der Waals surface area contributed by atoms with Gasteiger partial charge in [-0.2, -0.15) is 4.31 Å². The van der Waals surface area contributed by atoms with Gasteiger partial charge in [0.25, 0.3) is 5.91 Å². The summed E-state index contributed by atoms with van der Waals surface area (Å²) in [6.45, 7) is 0.330. The van der Waals surface area contributed by atoms with Gasteiger partial charge in [-0.15, -0.1) is 0 Å². The van der Waals surface area contributed by atoms with Crippen LogP contribution in [0.4, 0.5) is 0 Å². The molecule has 204 valence electrons. The second-order valence-electron chi connectivity index (χ2n) is 8.83. The van der Waals surface area contributed by atoms with Gasteiger partial charge in [-0.3, -0.25) is 9.59 Å². The zero-order chi connectivity index (χ0) is 27.8. The van der Waals surface area contributed by atoms with Crippen LogP contribution in [-0.4, -0.2) is 61.4 Å². The third-order valence-electron chi connectivity index (χ3n) is 6.22. The molecule has 0 bridgehead atoms. The van der Waals surface area contributed by atoms with Gasteiger partial charge in [-0.25, -0.2) is 13.4 Å². The summed E-state index contributed by atoms with van der Waals surface area (Å²) in [7, 11) is -2.52. The van der Waals surface area contributed by atoms with Crippen molar-refractivity contribution in [1.29, 1.82) is 0 Å². The number of nitrogens with one attached hydrogen (secondary N) is 1. The lowest BCUT2D eigenvalue weighted by Gasteiger charge is -2.21. The molecular weight excluding hydrogens is 522 g/mol. The van der Waals surface area contributed by atoms with Crippen molar-refractivity contribution in [2.45, 2.75) is 23.8 Å². The van der Waals surface area contributed by atoms with Crippen molar-refractivity contribution in [1.82, 2.24) is 14.6 Å². The number of rotatable bonds is 9. The number of sulfonamides is 1. The first kappa shape index (κ1) is 27.8. The van der Waals surface area contributed by atoms with Crippen molar-refractivity contribution in [2.75, 3.05) is 26.7 Å². The number of phenols is 1. The van der Waals surface area contributed by atoms with E-state index in [1.54, 1.807) is 18.3 Å². The SMILES string of the molecule is COC(=O)CNC(=O)c1ncc(C2C=CCN(S(=O)(=O)c3ccc(O)cc3)CC2)cc1OCc1ccccc1. The van der Waals surface area contributed by atoms with E-state index >= 15 is 0 Å². The van der Waals surface area contributed by atoms with Crippen molar-refractivity contribution in [3.63, 3.8) is 0 Å². The summed E-state index contributed by atoms with van der Waals surface area (Å²) in [6, 6.07) is 16.6. The first-order valence-electron chi connectivity index (χ1n) is 12.3. The lowest BCUT2D eigenvalue weighted by Crippen LogP contribution is -2.32. The van der Waals surface area contributed by atoms with Gasteiger partial charge >= 0.3 is 5.97 Å². The third-order valence-corrected chi connectivity index (χ3v) is 8.10. The quantitative estimate of drug-likeness (QED) is 0.306. The van der Waals surface area contributed by atoms with Crippen molar-refractivity contribution < 1.29 is 32.6 Å². The Balaban J connectivity index is 1.54. The zero-order valence-electron chi connectivity index (χ0n) is 21.3. The monoisotopic (exact) mass is 551 g/mol. The predicted octanol–water partition coefficient (Wildman–Crippen LogP) is 3.00. The van der Waals surface area contributed by atoms with Crippen molar-refractivity contribution in [3.8, 4) is 11.5 Å². The Hall–Kier alpha value is -4.22. The van der Waals surface area contributed by atoms with E-state index in [-0.39, 0.29) is 54.2 Å². The maximum atomic E-state index is 13.1. The number of hydrogen-bond acceptors (Lipinski definition) is 8. The highest BCUT2D eigenvalue weighted by Gasteiger charge is 2.27. The summed E-state index contributed by atoms with van der Waals surface area (Å²) in [5.74, 6) is -1.13. The molecule has 0 saturated heterocycles. The lowest BCUT2D eigenvalue weighted by atomic mass is 9.96. The molecule has 1 aliphatic heterocycles. The van der Waals surface area contributed by atoms with Gasteiger partial charge in [0.15, 0.2) is 11.4 Å². The highest BCUT2D eigenvalue weighted by atomic mass is 32.2. The number of methoxy groups -OCH3 is 1. The number of phenolic OH excluding ortho intramolecular Hbond substituents is 1. The molecule has 11 heteroatoms. The molecule has 2 heterocycles. The Kier molecular flexibility index (Phi) is 8.95. The minimum Gasteiger partial charge on any atom is -0.508 e. The molecule has 0 aliphatic carbocycles. The van der Waals surface area contributed by atoms with Gasteiger partial charge in [-0.1, -0.05) is 42.5 Å². The van der Waals surface area contributed by atoms with E-state index in [2.05, 4.69) is 15.0 Å². The summed E-state index contributed by atoms with van der Waals surface area (Å²) in [6.07, 6.45) is 5.74. The molecule has 0 radical (unpaired) electrons. The molecule has 1 amide bonds. The number of allylic oxidation sites excluding steroid dienone is 1. The summed E-state index contributed by atoms with van der Waals surface area (Å²) in [5, 5.41) is 12.0. The van der Waals surface area contributed by atoms with Crippen LogP contribution in [-0.2, 0) is 26.2 Å². The second kappa shape index (κ2) is 12.5. The number of pyridine rings is 1. The normalized spacial score (nSPS) is 15.8. The number of nitrogens with zero attached hydrogens (tertiary/aromatic N) is 2. The van der Waals surface area contributed by atoms with Crippen molar-refractivity contribution in [3.05, 3.63) is 95.8 Å². The maximum absolute atomic E-state index is 13.1. The van der Waals surface area contributed by atoms with Gasteiger partial charge in [0, 0.05) is 25.2 Å². The Morgan fingerprint density at radius 3 is 2.59 bits per heavy atom. The van der Waals surface area contributed by atoms with E-state index in [0.717, 1.165) is 11.1 Å². The van der Waals surface area contributed by atoms with Crippen LogP contribution in [0.2, 0.25) is 0 Å². The number of carbonyl (C=O) groups is 2. The van der Waals surface area contributed by atoms with Crippen LogP contribution in [0.15, 0.2) is 83.9 Å². The second-order valence-corrected chi connectivity index (χ2v) is 10.8. The average Bonchev–Trinajstić information content (AvgIpc) is 3.22. The summed E-state index contributed by atoms with van der Waals surface area (Å²) >= 11 is 0. The van der Waals surface area contributed by atoms with E-state index in [1.807, 2.05) is 36.4 Å². The Bertz CT molecular complexity index is 1440. The summed E-state index contributed by atoms with van der Waals surface area (Å²) < 4.78 is 38.2. The lowest BCUT2D eigenvalue weighted by molar-refractivity contribution is -0.139. The molecule has 0 saturated carbocycles. The molecule has 4 rings (SSSR count). The van der Waals surface area contributed by atoms with E-state index in [0.29, 0.717) is 6.42 Å². The van der Waals surface area contributed by atoms with Crippen LogP contribution in [0, 0.1) is 0 Å². The van der Waals surface area contributed by atoms with Crippen LogP contribution < -0.4 is 10.1 Å². The molecule has 1 aliphatic rings. The first-order chi connectivity index (χ1) is 18.8. The number of hydrogen-bond donors (Lipinski definition) is 2. The number of benzene rings is 2. The number of amides is 1. The van der Waals surface area contributed by atoms with Crippen LogP contribution in [0.1, 0.15) is 34.0 Å². The Morgan fingerprint density at radius 1 is 1.13 bits per heavy atom. The number of aromatic hydroxyl groups is 1. The van der Waals surface area contributed by atoms with Crippen LogP contribution in [0.25, 0.3) is 0 Å².